The lowest BCUT2D eigenvalue weighted by molar-refractivity contribution is -0.107. The molecule has 0 amide bonds. The topological polar surface area (TPSA) is 65.7 Å². The number of likely N-dealkylation sites (N-methyl/N-ethyl adjacent to an activating group) is 1. The van der Waals surface area contributed by atoms with Gasteiger partial charge in [0.25, 0.3) is 0 Å². The zero-order valence-corrected chi connectivity index (χ0v) is 24.3. The zero-order chi connectivity index (χ0) is 27.1. The molecule has 2 aromatic carbocycles. The van der Waals surface area contributed by atoms with Gasteiger partial charge in [0.1, 0.15) is 6.29 Å². The number of aromatic nitrogens is 1. The third-order valence-electron chi connectivity index (χ3n) is 5.79. The van der Waals surface area contributed by atoms with Crippen molar-refractivity contribution in [3.63, 3.8) is 0 Å². The van der Waals surface area contributed by atoms with Crippen LogP contribution in [0.25, 0.3) is 22.0 Å². The van der Waals surface area contributed by atoms with Crippen LogP contribution in [0.1, 0.15) is 44.5 Å². The normalized spacial score (nSPS) is 14.1. The molecule has 0 aliphatic carbocycles. The summed E-state index contributed by atoms with van der Waals surface area (Å²) in [6, 6.07) is 11.4. The first-order valence-electron chi connectivity index (χ1n) is 11.5. The summed E-state index contributed by atoms with van der Waals surface area (Å²) < 4.78 is 3.67. The molecule has 2 N–H and O–H groups in total. The van der Waals surface area contributed by atoms with Crippen molar-refractivity contribution >= 4 is 45.5 Å². The molecule has 0 unspecified atom stereocenters. The number of terminal acetylenes is 1. The van der Waals surface area contributed by atoms with E-state index in [0.717, 1.165) is 25.5 Å². The first-order chi connectivity index (χ1) is 16.4. The Balaban J connectivity index is 0.000000598. The van der Waals surface area contributed by atoms with Crippen molar-refractivity contribution in [1.29, 1.82) is 0 Å². The van der Waals surface area contributed by atoms with Crippen LogP contribution < -0.4 is 4.90 Å². The number of carbonyl (C=O) groups is 1. The molecule has 0 bridgehead atoms. The first kappa shape index (κ1) is 30.7. The lowest BCUT2D eigenvalue weighted by atomic mass is 9.88. The summed E-state index contributed by atoms with van der Waals surface area (Å²) in [7, 11) is 3.17. The molecule has 0 fully saturated rings. The van der Waals surface area contributed by atoms with Gasteiger partial charge in [-0.25, -0.2) is 0 Å². The quantitative estimate of drug-likeness (QED) is 0.232. The van der Waals surface area contributed by atoms with E-state index >= 15 is 0 Å². The van der Waals surface area contributed by atoms with Crippen LogP contribution in [-0.2, 0) is 17.8 Å². The van der Waals surface area contributed by atoms with Crippen LogP contribution in [0.4, 0.5) is 5.69 Å². The highest BCUT2D eigenvalue weighted by molar-refractivity contribution is 14.1. The molecular formula is C29H39IN2O3. The van der Waals surface area contributed by atoms with Crippen LogP contribution in [0, 0.1) is 30.3 Å². The smallest absolute Gasteiger partial charge is 0.124 e. The van der Waals surface area contributed by atoms with Gasteiger partial charge in [-0.15, -0.1) is 12.8 Å². The highest BCUT2D eigenvalue weighted by Gasteiger charge is 2.29. The number of benzene rings is 2. The number of hydrogen-bond donors (Lipinski definition) is 2. The minimum Gasteiger partial charge on any atom is -0.400 e. The van der Waals surface area contributed by atoms with E-state index in [9.17, 15) is 4.79 Å². The largest absolute Gasteiger partial charge is 0.400 e. The number of anilines is 1. The second kappa shape index (κ2) is 13.1. The van der Waals surface area contributed by atoms with Gasteiger partial charge in [0.15, 0.2) is 0 Å². The van der Waals surface area contributed by atoms with Crippen LogP contribution >= 0.6 is 22.6 Å². The predicted molar refractivity (Wildman–Crippen MR) is 157 cm³/mol. The minimum atomic E-state index is -0.500. The Morgan fingerprint density at radius 1 is 1.14 bits per heavy atom. The Bertz CT molecular complexity index is 1150. The molecule has 3 aromatic rings. The van der Waals surface area contributed by atoms with Crippen molar-refractivity contribution in [2.45, 2.75) is 66.2 Å². The third kappa shape index (κ3) is 7.09. The fourth-order valence-electron chi connectivity index (χ4n) is 4.35. The highest BCUT2D eigenvalue weighted by Crippen LogP contribution is 2.45. The predicted octanol–water partition coefficient (Wildman–Crippen LogP) is 5.74. The zero-order valence-electron chi connectivity index (χ0n) is 22.2. The molecule has 0 spiro atoms. The maximum absolute atomic E-state index is 11.5. The molecule has 4 rings (SSSR count). The second-order valence-electron chi connectivity index (χ2n) is 9.49. The monoisotopic (exact) mass is 590 g/mol. The molecule has 1 aromatic heterocycles. The van der Waals surface area contributed by atoms with Gasteiger partial charge in [-0.05, 0) is 105 Å². The number of rotatable bonds is 3. The van der Waals surface area contributed by atoms with E-state index in [1.54, 1.807) is 20.8 Å². The number of halogens is 1. The van der Waals surface area contributed by atoms with Crippen molar-refractivity contribution in [2.75, 3.05) is 19.1 Å². The fourth-order valence-corrected chi connectivity index (χ4v) is 4.71. The van der Waals surface area contributed by atoms with E-state index in [1.165, 1.54) is 42.5 Å². The van der Waals surface area contributed by atoms with Crippen LogP contribution in [-0.4, -0.2) is 46.9 Å². The standard InChI is InChI=1S/C22H23IN2O.C4H10O.C2H2.CH4O/c1-13-11-19-20(16-5-7-17(23)8-6-16)18(9-10-26)15(3)21-22(19)25(13)12-14(2)24(21)4;1-4(2,3)5;2*1-2/h5-8,10-11,14H,9,12H2,1-4H3;5H,1-3H3;1-2H;2H,1H3/t14-;;;/m1.../s1. The summed E-state index contributed by atoms with van der Waals surface area (Å²) >= 11 is 2.33. The maximum Gasteiger partial charge on any atom is 0.124 e. The number of carbonyl (C=O) groups excluding carboxylic acids is 1. The van der Waals surface area contributed by atoms with Gasteiger partial charge in [-0.1, -0.05) is 12.1 Å². The second-order valence-corrected chi connectivity index (χ2v) is 10.7. The molecule has 0 radical (unpaired) electrons. The van der Waals surface area contributed by atoms with Crippen LogP contribution in [0.5, 0.6) is 0 Å². The molecule has 2 heterocycles. The molecule has 0 saturated heterocycles. The molecular weight excluding hydrogens is 551 g/mol. The SMILES string of the molecule is C#C.CC(C)(C)O.CO.Cc1c(CC=O)c(-c2ccc(I)cc2)c2cc(C)n3c2c1N(C)[C@H](C)C3. The first-order valence-corrected chi connectivity index (χ1v) is 12.6. The van der Waals surface area contributed by atoms with Crippen LogP contribution in [0.15, 0.2) is 30.3 Å². The number of aldehydes is 1. The van der Waals surface area contributed by atoms with Crippen LogP contribution in [0.3, 0.4) is 0 Å². The summed E-state index contributed by atoms with van der Waals surface area (Å²) in [6.45, 7) is 12.9. The average Bonchev–Trinajstić information content (AvgIpc) is 3.12. The van der Waals surface area contributed by atoms with E-state index in [2.05, 4.69) is 103 Å². The Morgan fingerprint density at radius 2 is 1.66 bits per heavy atom. The lowest BCUT2D eigenvalue weighted by Crippen LogP contribution is -2.37. The molecule has 190 valence electrons. The molecule has 0 saturated carbocycles. The van der Waals surface area contributed by atoms with E-state index in [1.807, 2.05) is 0 Å². The van der Waals surface area contributed by atoms with Gasteiger partial charge in [0, 0.05) is 47.8 Å². The van der Waals surface area contributed by atoms with E-state index < -0.39 is 5.60 Å². The summed E-state index contributed by atoms with van der Waals surface area (Å²) in [5.74, 6) is 0. The van der Waals surface area contributed by atoms with Gasteiger partial charge >= 0.3 is 0 Å². The van der Waals surface area contributed by atoms with Crippen molar-refractivity contribution < 1.29 is 15.0 Å². The Kier molecular flexibility index (Phi) is 11.5. The van der Waals surface area contributed by atoms with Gasteiger partial charge < -0.3 is 24.5 Å². The number of aliphatic hydroxyl groups is 2. The molecule has 1 aliphatic heterocycles. The molecule has 1 atom stereocenters. The molecule has 6 heteroatoms. The number of hydrogen-bond acceptors (Lipinski definition) is 4. The number of aryl methyl sites for hydroxylation is 1. The Hall–Kier alpha value is -2.34. The third-order valence-corrected chi connectivity index (χ3v) is 6.51. The van der Waals surface area contributed by atoms with Gasteiger partial charge in [-0.3, -0.25) is 0 Å². The molecule has 1 aliphatic rings. The van der Waals surface area contributed by atoms with Crippen molar-refractivity contribution in [2.24, 2.45) is 0 Å². The fraction of sp³-hybridized carbons (Fsp3) is 0.414. The number of nitrogens with zero attached hydrogens (tertiary/aromatic N) is 2. The highest BCUT2D eigenvalue weighted by atomic mass is 127. The minimum absolute atomic E-state index is 0.434. The van der Waals surface area contributed by atoms with Crippen molar-refractivity contribution in [3.8, 4) is 24.0 Å². The Morgan fingerprint density at radius 3 is 2.14 bits per heavy atom. The number of aliphatic hydroxyl groups excluding tert-OH is 1. The van der Waals surface area contributed by atoms with Gasteiger partial charge in [0.05, 0.1) is 16.8 Å². The summed E-state index contributed by atoms with van der Waals surface area (Å²) in [5.41, 5.74) is 8.16. The maximum atomic E-state index is 11.5. The summed E-state index contributed by atoms with van der Waals surface area (Å²) in [5, 5.41) is 16.8. The van der Waals surface area contributed by atoms with Crippen molar-refractivity contribution in [1.82, 2.24) is 4.57 Å². The average molecular weight is 591 g/mol. The Labute approximate surface area is 224 Å². The summed E-state index contributed by atoms with van der Waals surface area (Å²) in [6.07, 6.45) is 9.48. The van der Waals surface area contributed by atoms with Gasteiger partial charge in [-0.2, -0.15) is 0 Å². The van der Waals surface area contributed by atoms with Gasteiger partial charge in [0.2, 0.25) is 0 Å². The lowest BCUT2D eigenvalue weighted by Gasteiger charge is -2.36. The molecule has 5 nitrogen and oxygen atoms in total. The van der Waals surface area contributed by atoms with E-state index in [-0.39, 0.29) is 0 Å². The molecule has 35 heavy (non-hydrogen) atoms. The van der Waals surface area contributed by atoms with Crippen molar-refractivity contribution in [3.05, 3.63) is 50.7 Å². The summed E-state index contributed by atoms with van der Waals surface area (Å²) in [4.78, 5) is 13.9. The van der Waals surface area contributed by atoms with Crippen LogP contribution in [0.2, 0.25) is 0 Å². The van der Waals surface area contributed by atoms with E-state index in [4.69, 9.17) is 10.2 Å². The van der Waals surface area contributed by atoms with E-state index in [0.29, 0.717) is 12.5 Å².